The van der Waals surface area contributed by atoms with Crippen LogP contribution >= 0.6 is 0 Å². The Bertz CT molecular complexity index is 1400. The Morgan fingerprint density at radius 1 is 0.500 bits per heavy atom. The normalized spacial score (nSPS) is 26.5. The van der Waals surface area contributed by atoms with E-state index >= 15 is 0 Å². The maximum Gasteiger partial charge on any atom is 0.306 e. The van der Waals surface area contributed by atoms with Crippen molar-refractivity contribution in [2.45, 2.75) is 229 Å². The molecule has 14 heteroatoms. The molecule has 0 aliphatic carbocycles. The minimum atomic E-state index is -1.72. The summed E-state index contributed by atoms with van der Waals surface area (Å²) >= 11 is 0. The number of aliphatic hydroxyl groups excluding tert-OH is 7. The summed E-state index contributed by atoms with van der Waals surface area (Å²) in [6.07, 6.45) is 34.0. The maximum atomic E-state index is 13.0. The van der Waals surface area contributed by atoms with E-state index in [0.29, 0.717) is 13.0 Å². The first-order valence-corrected chi connectivity index (χ1v) is 26.0. The summed E-state index contributed by atoms with van der Waals surface area (Å²) in [6.45, 7) is 3.41. The lowest BCUT2D eigenvalue weighted by atomic mass is 9.98. The van der Waals surface area contributed by atoms with Gasteiger partial charge < -0.3 is 64.2 Å². The van der Waals surface area contributed by atoms with Crippen molar-refractivity contribution in [2.24, 2.45) is 0 Å². The predicted octanol–water partition coefficient (Wildman–Crippen LogP) is 7.90. The lowest BCUT2D eigenvalue weighted by molar-refractivity contribution is -0.332. The summed E-state index contributed by atoms with van der Waals surface area (Å²) in [5.41, 5.74) is 0. The molecular formula is C54H92O14. The van der Waals surface area contributed by atoms with E-state index in [2.05, 4.69) is 86.8 Å². The van der Waals surface area contributed by atoms with Gasteiger partial charge in [0.25, 0.3) is 0 Å². The van der Waals surface area contributed by atoms with Crippen LogP contribution < -0.4 is 0 Å². The van der Waals surface area contributed by atoms with Gasteiger partial charge in [0.2, 0.25) is 0 Å². The first-order valence-electron chi connectivity index (χ1n) is 26.0. The Morgan fingerprint density at radius 2 is 0.941 bits per heavy atom. The second-order valence-electron chi connectivity index (χ2n) is 18.0. The number of rotatable bonds is 40. The van der Waals surface area contributed by atoms with E-state index in [-0.39, 0.29) is 19.6 Å². The van der Waals surface area contributed by atoms with Crippen molar-refractivity contribution in [1.82, 2.24) is 0 Å². The van der Waals surface area contributed by atoms with Crippen LogP contribution in [-0.2, 0) is 33.2 Å². The van der Waals surface area contributed by atoms with Gasteiger partial charge in [-0.05, 0) is 57.8 Å². The van der Waals surface area contributed by atoms with E-state index in [1.807, 2.05) is 0 Å². The fraction of sp³-hybridized carbons (Fsp3) is 0.759. The molecule has 2 saturated heterocycles. The molecule has 11 atom stereocenters. The van der Waals surface area contributed by atoms with Gasteiger partial charge in [-0.1, -0.05) is 170 Å². The summed E-state index contributed by atoms with van der Waals surface area (Å²) in [4.78, 5) is 13.0. The van der Waals surface area contributed by atoms with E-state index in [1.165, 1.54) is 64.2 Å². The molecule has 0 radical (unpaired) electrons. The average Bonchev–Trinajstić information content (AvgIpc) is 3.33. The van der Waals surface area contributed by atoms with Crippen molar-refractivity contribution in [3.8, 4) is 0 Å². The van der Waals surface area contributed by atoms with E-state index in [4.69, 9.17) is 28.4 Å². The smallest absolute Gasteiger partial charge is 0.306 e. The van der Waals surface area contributed by atoms with Crippen LogP contribution in [0.5, 0.6) is 0 Å². The molecule has 0 bridgehead atoms. The molecule has 2 heterocycles. The Kier molecular flexibility index (Phi) is 37.2. The number of hydrogen-bond donors (Lipinski definition) is 7. The second kappa shape index (κ2) is 41.1. The molecule has 2 fully saturated rings. The molecule has 0 saturated carbocycles. The van der Waals surface area contributed by atoms with Crippen LogP contribution in [0.1, 0.15) is 162 Å². The van der Waals surface area contributed by atoms with Gasteiger partial charge in [-0.2, -0.15) is 0 Å². The van der Waals surface area contributed by atoms with Crippen LogP contribution in [0.4, 0.5) is 0 Å². The lowest BCUT2D eigenvalue weighted by Gasteiger charge is -2.42. The first kappa shape index (κ1) is 61.5. The quantitative estimate of drug-likeness (QED) is 0.0177. The zero-order valence-corrected chi connectivity index (χ0v) is 41.6. The van der Waals surface area contributed by atoms with Crippen molar-refractivity contribution in [3.05, 3.63) is 72.9 Å². The van der Waals surface area contributed by atoms with Gasteiger partial charge in [0.05, 0.1) is 26.4 Å². The van der Waals surface area contributed by atoms with Crippen molar-refractivity contribution >= 4 is 5.97 Å². The van der Waals surface area contributed by atoms with Gasteiger partial charge >= 0.3 is 5.97 Å². The van der Waals surface area contributed by atoms with Crippen LogP contribution in [0.15, 0.2) is 72.9 Å². The third-order valence-electron chi connectivity index (χ3n) is 12.0. The molecule has 2 aliphatic rings. The molecule has 11 unspecified atom stereocenters. The monoisotopic (exact) mass is 965 g/mol. The van der Waals surface area contributed by atoms with Crippen molar-refractivity contribution in [1.29, 1.82) is 0 Å². The first-order chi connectivity index (χ1) is 33.1. The summed E-state index contributed by atoms with van der Waals surface area (Å²) in [6, 6.07) is 0. The van der Waals surface area contributed by atoms with E-state index in [1.54, 1.807) is 0 Å². The summed E-state index contributed by atoms with van der Waals surface area (Å²) in [5, 5.41) is 72.1. The minimum absolute atomic E-state index is 0.0197. The summed E-state index contributed by atoms with van der Waals surface area (Å²) in [7, 11) is 0. The topological polar surface area (TPSA) is 214 Å². The molecule has 0 aromatic heterocycles. The number of ether oxygens (including phenoxy) is 6. The average molecular weight is 965 g/mol. The molecule has 68 heavy (non-hydrogen) atoms. The lowest BCUT2D eigenvalue weighted by Crippen LogP contribution is -2.61. The number of hydrogen-bond acceptors (Lipinski definition) is 14. The fourth-order valence-electron chi connectivity index (χ4n) is 7.77. The number of aliphatic hydroxyl groups is 7. The predicted molar refractivity (Wildman–Crippen MR) is 265 cm³/mol. The van der Waals surface area contributed by atoms with Crippen molar-refractivity contribution in [2.75, 3.05) is 33.0 Å². The summed E-state index contributed by atoms with van der Waals surface area (Å²) < 4.78 is 34.2. The zero-order valence-electron chi connectivity index (χ0n) is 41.6. The number of allylic oxidation sites excluding steroid dienone is 12. The number of esters is 1. The molecule has 0 aromatic rings. The van der Waals surface area contributed by atoms with Gasteiger partial charge in [-0.25, -0.2) is 0 Å². The largest absolute Gasteiger partial charge is 0.457 e. The van der Waals surface area contributed by atoms with Gasteiger partial charge in [0.15, 0.2) is 12.6 Å². The van der Waals surface area contributed by atoms with E-state index in [0.717, 1.165) is 70.6 Å². The SMILES string of the molecule is CC/C=C\C/C=C\C/C=C\C/C=C\C/C=C\C/C=C\CCCOCC(COC1OC(COC2OC(CO)C(O)C(O)C2O)C(O)C(O)C1O)OC(=O)CCCCCCCCCCCCCCCC. The standard InChI is InChI=1S/C54H92O14/c1-3-5-7-9-11-13-15-17-19-20-21-22-23-24-26-28-30-32-34-36-38-63-40-43(66-46(56)37-35-33-31-29-27-25-18-16-14-12-10-8-6-4-2)41-64-53-52(62)50(60)48(58)45(68-53)42-65-54-51(61)49(59)47(57)44(39-55)67-54/h5,7,11,13,17,19,21-22,24,26,30,32,43-45,47-55,57-62H,3-4,6,8-10,12,14-16,18,20,23,25,27-29,31,33-42H2,1-2H3/b7-5-,13-11-,19-17-,22-21-,26-24-,32-30-. The van der Waals surface area contributed by atoms with Crippen LogP contribution in [0.2, 0.25) is 0 Å². The fourth-order valence-corrected chi connectivity index (χ4v) is 7.77. The van der Waals surface area contributed by atoms with Crippen molar-refractivity contribution < 1.29 is 69.0 Å². The second-order valence-corrected chi connectivity index (χ2v) is 18.0. The third-order valence-corrected chi connectivity index (χ3v) is 12.0. The summed E-state index contributed by atoms with van der Waals surface area (Å²) in [5.74, 6) is -0.398. The molecular weight excluding hydrogens is 873 g/mol. The molecule has 2 rings (SSSR count). The Morgan fingerprint density at radius 3 is 1.44 bits per heavy atom. The molecule has 2 aliphatic heterocycles. The van der Waals surface area contributed by atoms with Gasteiger partial charge in [0, 0.05) is 13.0 Å². The number of carbonyl (C=O) groups excluding carboxylic acids is 1. The van der Waals surface area contributed by atoms with Crippen LogP contribution in [0, 0.1) is 0 Å². The van der Waals surface area contributed by atoms with Crippen molar-refractivity contribution in [3.63, 3.8) is 0 Å². The third kappa shape index (κ3) is 28.3. The zero-order chi connectivity index (χ0) is 49.5. The number of unbranched alkanes of at least 4 members (excludes halogenated alkanes) is 14. The number of carbonyl (C=O) groups is 1. The Hall–Kier alpha value is -2.57. The van der Waals surface area contributed by atoms with Gasteiger partial charge in [0.1, 0.15) is 54.9 Å². The highest BCUT2D eigenvalue weighted by Crippen LogP contribution is 2.26. The van der Waals surface area contributed by atoms with Gasteiger partial charge in [-0.15, -0.1) is 0 Å². The van der Waals surface area contributed by atoms with E-state index in [9.17, 15) is 40.5 Å². The Labute approximate surface area is 408 Å². The highest BCUT2D eigenvalue weighted by atomic mass is 16.7. The van der Waals surface area contributed by atoms with Crippen LogP contribution in [0.3, 0.4) is 0 Å². The molecule has 0 aromatic carbocycles. The maximum absolute atomic E-state index is 13.0. The minimum Gasteiger partial charge on any atom is -0.457 e. The molecule has 0 amide bonds. The highest BCUT2D eigenvalue weighted by molar-refractivity contribution is 5.69. The van der Waals surface area contributed by atoms with Gasteiger partial charge in [-0.3, -0.25) is 4.79 Å². The van der Waals surface area contributed by atoms with E-state index < -0.39 is 86.7 Å². The Balaban J connectivity index is 1.79. The molecule has 392 valence electrons. The molecule has 0 spiro atoms. The molecule has 7 N–H and O–H groups in total. The molecule has 14 nitrogen and oxygen atoms in total. The highest BCUT2D eigenvalue weighted by Gasteiger charge is 2.47. The van der Waals surface area contributed by atoms with Crippen LogP contribution in [0.25, 0.3) is 0 Å². The van der Waals surface area contributed by atoms with Crippen LogP contribution in [-0.4, -0.2) is 142 Å².